The highest BCUT2D eigenvalue weighted by Gasteiger charge is 2.24. The summed E-state index contributed by atoms with van der Waals surface area (Å²) in [6, 6.07) is 11.6. The fourth-order valence-corrected chi connectivity index (χ4v) is 3.17. The summed E-state index contributed by atoms with van der Waals surface area (Å²) in [4.78, 5) is 25.7. The summed E-state index contributed by atoms with van der Waals surface area (Å²) in [5.41, 5.74) is 4.64. The molecule has 0 atom stereocenters. The maximum Gasteiger partial charge on any atom is 0.254 e. The van der Waals surface area contributed by atoms with Crippen molar-refractivity contribution in [3.63, 3.8) is 0 Å². The van der Waals surface area contributed by atoms with Gasteiger partial charge in [-0.05, 0) is 42.7 Å². The number of hydrogen-bond acceptors (Lipinski definition) is 4. The molecular weight excluding hydrogens is 342 g/mol. The van der Waals surface area contributed by atoms with Gasteiger partial charge in [-0.1, -0.05) is 24.3 Å². The van der Waals surface area contributed by atoms with Crippen molar-refractivity contribution in [2.75, 3.05) is 32.1 Å². The zero-order valence-corrected chi connectivity index (χ0v) is 16.0. The maximum absolute atomic E-state index is 12.0. The van der Waals surface area contributed by atoms with E-state index in [1.807, 2.05) is 44.2 Å². The number of carbonyl (C=O) groups excluding carboxylic acids is 2. The minimum Gasteiger partial charge on any atom is -0.491 e. The van der Waals surface area contributed by atoms with Gasteiger partial charge in [0, 0.05) is 24.8 Å². The van der Waals surface area contributed by atoms with Crippen molar-refractivity contribution in [3.05, 3.63) is 58.7 Å². The van der Waals surface area contributed by atoms with E-state index >= 15 is 0 Å². The number of fused-ring (bicyclic) bond motifs is 1. The number of anilines is 1. The molecule has 2 aromatic carbocycles. The Bertz CT molecular complexity index is 843. The fraction of sp³-hybridized carbons (Fsp3) is 0.333. The Labute approximate surface area is 159 Å². The third-order valence-electron chi connectivity index (χ3n) is 4.63. The number of para-hydroxylation sites is 1. The molecule has 2 amide bonds. The summed E-state index contributed by atoms with van der Waals surface area (Å²) in [6.07, 6.45) is 0. The van der Waals surface area contributed by atoms with E-state index in [1.54, 1.807) is 18.0 Å². The molecule has 0 aliphatic carbocycles. The van der Waals surface area contributed by atoms with Crippen LogP contribution in [0.3, 0.4) is 0 Å². The molecule has 6 nitrogen and oxygen atoms in total. The van der Waals surface area contributed by atoms with Crippen LogP contribution < -0.4 is 15.4 Å². The van der Waals surface area contributed by atoms with Crippen LogP contribution in [0.5, 0.6) is 5.75 Å². The second-order valence-corrected chi connectivity index (χ2v) is 6.81. The van der Waals surface area contributed by atoms with Gasteiger partial charge in [-0.25, -0.2) is 0 Å². The third-order valence-corrected chi connectivity index (χ3v) is 4.63. The first-order valence-electron chi connectivity index (χ1n) is 9.03. The molecule has 0 aromatic heterocycles. The second-order valence-electron chi connectivity index (χ2n) is 6.81. The van der Waals surface area contributed by atoms with Crippen LogP contribution in [0.15, 0.2) is 36.4 Å². The van der Waals surface area contributed by atoms with Crippen LogP contribution in [0.25, 0.3) is 0 Å². The van der Waals surface area contributed by atoms with Crippen LogP contribution in [0.2, 0.25) is 0 Å². The third kappa shape index (κ3) is 4.39. The Morgan fingerprint density at radius 3 is 2.67 bits per heavy atom. The van der Waals surface area contributed by atoms with E-state index in [9.17, 15) is 9.59 Å². The number of aryl methyl sites for hydroxylation is 2. The predicted octanol–water partition coefficient (Wildman–Crippen LogP) is 2.50. The lowest BCUT2D eigenvalue weighted by Crippen LogP contribution is -2.33. The molecule has 0 radical (unpaired) electrons. The molecule has 0 saturated carbocycles. The normalized spacial score (nSPS) is 12.7. The van der Waals surface area contributed by atoms with Crippen LogP contribution in [0.4, 0.5) is 5.69 Å². The van der Waals surface area contributed by atoms with Crippen LogP contribution in [0, 0.1) is 13.8 Å². The Morgan fingerprint density at radius 2 is 1.93 bits per heavy atom. The Morgan fingerprint density at radius 1 is 1.19 bits per heavy atom. The van der Waals surface area contributed by atoms with Gasteiger partial charge in [-0.2, -0.15) is 0 Å². The van der Waals surface area contributed by atoms with Crippen molar-refractivity contribution in [2.45, 2.75) is 20.4 Å². The molecule has 2 N–H and O–H groups in total. The minimum absolute atomic E-state index is 0.0155. The van der Waals surface area contributed by atoms with Crippen molar-refractivity contribution in [3.8, 4) is 5.75 Å². The SMILES string of the molecule is Cc1cccc(C)c1OCCNC(=O)CNc1ccc2c(c1)C(=O)N(C)C2. The molecule has 0 spiro atoms. The average Bonchev–Trinajstić information content (AvgIpc) is 2.93. The molecular formula is C21H25N3O3. The number of nitrogens with one attached hydrogen (secondary N) is 2. The molecule has 1 heterocycles. The quantitative estimate of drug-likeness (QED) is 0.738. The first kappa shape index (κ1) is 18.8. The molecule has 0 bridgehead atoms. The zero-order valence-electron chi connectivity index (χ0n) is 16.0. The summed E-state index contributed by atoms with van der Waals surface area (Å²) < 4.78 is 5.78. The first-order valence-corrected chi connectivity index (χ1v) is 9.03. The number of hydrogen-bond donors (Lipinski definition) is 2. The van der Waals surface area contributed by atoms with Gasteiger partial charge in [-0.15, -0.1) is 0 Å². The number of rotatable bonds is 7. The second kappa shape index (κ2) is 8.12. The lowest BCUT2D eigenvalue weighted by atomic mass is 10.1. The summed E-state index contributed by atoms with van der Waals surface area (Å²) in [7, 11) is 1.78. The van der Waals surface area contributed by atoms with Crippen molar-refractivity contribution >= 4 is 17.5 Å². The van der Waals surface area contributed by atoms with Gasteiger partial charge in [-0.3, -0.25) is 9.59 Å². The summed E-state index contributed by atoms with van der Waals surface area (Å²) >= 11 is 0. The Balaban J connectivity index is 1.42. The monoisotopic (exact) mass is 367 g/mol. The van der Waals surface area contributed by atoms with E-state index in [4.69, 9.17) is 4.74 Å². The summed E-state index contributed by atoms with van der Waals surface area (Å²) in [5.74, 6) is 0.767. The highest BCUT2D eigenvalue weighted by molar-refractivity contribution is 5.99. The topological polar surface area (TPSA) is 70.7 Å². The zero-order chi connectivity index (χ0) is 19.4. The van der Waals surface area contributed by atoms with Gasteiger partial charge in [0.05, 0.1) is 13.1 Å². The Kier molecular flexibility index (Phi) is 5.64. The van der Waals surface area contributed by atoms with Crippen LogP contribution >= 0.6 is 0 Å². The maximum atomic E-state index is 12.0. The van der Waals surface area contributed by atoms with Gasteiger partial charge in [0.15, 0.2) is 0 Å². The minimum atomic E-state index is -0.121. The van der Waals surface area contributed by atoms with Crippen LogP contribution in [-0.4, -0.2) is 43.5 Å². The van der Waals surface area contributed by atoms with E-state index in [1.165, 1.54) is 0 Å². The molecule has 0 saturated heterocycles. The molecule has 6 heteroatoms. The van der Waals surface area contributed by atoms with Gasteiger partial charge in [0.2, 0.25) is 5.91 Å². The van der Waals surface area contributed by atoms with Crippen LogP contribution in [-0.2, 0) is 11.3 Å². The van der Waals surface area contributed by atoms with E-state index in [0.29, 0.717) is 25.3 Å². The summed E-state index contributed by atoms with van der Waals surface area (Å²) in [5, 5.41) is 5.89. The van der Waals surface area contributed by atoms with E-state index in [-0.39, 0.29) is 18.4 Å². The average molecular weight is 367 g/mol. The Hall–Kier alpha value is -3.02. The van der Waals surface area contributed by atoms with Crippen molar-refractivity contribution < 1.29 is 14.3 Å². The smallest absolute Gasteiger partial charge is 0.254 e. The molecule has 0 unspecified atom stereocenters. The molecule has 1 aliphatic rings. The number of nitrogens with zero attached hydrogens (tertiary/aromatic N) is 1. The number of amides is 2. The molecule has 27 heavy (non-hydrogen) atoms. The van der Waals surface area contributed by atoms with Crippen molar-refractivity contribution in [2.24, 2.45) is 0 Å². The van der Waals surface area contributed by atoms with E-state index in [0.717, 1.165) is 28.1 Å². The number of ether oxygens (including phenoxy) is 1. The largest absolute Gasteiger partial charge is 0.491 e. The highest BCUT2D eigenvalue weighted by Crippen LogP contribution is 2.24. The van der Waals surface area contributed by atoms with Gasteiger partial charge < -0.3 is 20.3 Å². The predicted molar refractivity (Wildman–Crippen MR) is 105 cm³/mol. The fourth-order valence-electron chi connectivity index (χ4n) is 3.17. The van der Waals surface area contributed by atoms with Crippen molar-refractivity contribution in [1.29, 1.82) is 0 Å². The molecule has 3 rings (SSSR count). The summed E-state index contributed by atoms with van der Waals surface area (Å²) in [6.45, 7) is 5.63. The lowest BCUT2D eigenvalue weighted by molar-refractivity contribution is -0.119. The van der Waals surface area contributed by atoms with Gasteiger partial charge in [0.1, 0.15) is 12.4 Å². The lowest BCUT2D eigenvalue weighted by Gasteiger charge is -2.13. The number of carbonyl (C=O) groups is 2. The van der Waals surface area contributed by atoms with Crippen LogP contribution in [0.1, 0.15) is 27.0 Å². The molecule has 1 aliphatic heterocycles. The standard InChI is InChI=1S/C21H25N3O3/c1-14-5-4-6-15(2)20(14)27-10-9-22-19(25)12-23-17-8-7-16-13-24(3)21(26)18(16)11-17/h4-8,11,23H,9-10,12-13H2,1-3H3,(H,22,25). The number of benzene rings is 2. The van der Waals surface area contributed by atoms with E-state index < -0.39 is 0 Å². The first-order chi connectivity index (χ1) is 13.0. The van der Waals surface area contributed by atoms with Gasteiger partial charge >= 0.3 is 0 Å². The highest BCUT2D eigenvalue weighted by atomic mass is 16.5. The molecule has 2 aromatic rings. The van der Waals surface area contributed by atoms with E-state index in [2.05, 4.69) is 10.6 Å². The molecule has 142 valence electrons. The molecule has 0 fully saturated rings. The van der Waals surface area contributed by atoms with Crippen molar-refractivity contribution in [1.82, 2.24) is 10.2 Å². The van der Waals surface area contributed by atoms with Gasteiger partial charge in [0.25, 0.3) is 5.91 Å².